The quantitative estimate of drug-likeness (QED) is 0.553. The van der Waals surface area contributed by atoms with Gasteiger partial charge in [-0.25, -0.2) is 0 Å². The Balaban J connectivity index is 0.00000156. The van der Waals surface area contributed by atoms with Gasteiger partial charge in [0, 0.05) is 0 Å². The second-order valence-corrected chi connectivity index (χ2v) is 24.0. The molecule has 1 aromatic rings. The molecule has 0 bridgehead atoms. The van der Waals surface area contributed by atoms with Crippen molar-refractivity contribution in [3.05, 3.63) is 71.8 Å². The number of halogens is 2. The largest absolute Gasteiger partial charge is 1.00 e. The molecule has 0 heterocycles. The van der Waals surface area contributed by atoms with E-state index in [9.17, 15) is 0 Å². The van der Waals surface area contributed by atoms with E-state index < -0.39 is 20.4 Å². The van der Waals surface area contributed by atoms with E-state index in [1.54, 1.807) is 5.57 Å². The van der Waals surface area contributed by atoms with E-state index in [1.165, 1.54) is 23.1 Å². The molecule has 0 aromatic heterocycles. The van der Waals surface area contributed by atoms with Crippen LogP contribution in [0, 0.1) is 5.92 Å². The molecule has 2 aliphatic rings. The third kappa shape index (κ3) is 4.78. The van der Waals surface area contributed by atoms with E-state index in [0.29, 0.717) is 5.92 Å². The summed E-state index contributed by atoms with van der Waals surface area (Å²) in [6.07, 6.45) is 8.72. The molecule has 1 atom stereocenters. The minimum atomic E-state index is -1.68. The molecule has 0 saturated heterocycles. The molecule has 0 N–H and O–H groups in total. The standard InChI is InChI=1S/C11H9.C8H11.C2H6Si.2ClH.Zr/c1-2-6-10(7-3-1)11-8-4-5-9-11;1-6-4-7(2)8(3)5-6;1-3-2;;;/h1-3,6-9H,4H2;4,6H,1-3H3;1-2H3;2*1H;/q;;;;;+2/p-2. The summed E-state index contributed by atoms with van der Waals surface area (Å²) < 4.78 is 3.71. The van der Waals surface area contributed by atoms with Crippen LogP contribution in [-0.4, -0.2) is 5.43 Å². The van der Waals surface area contributed by atoms with Crippen LogP contribution in [-0.2, 0) is 20.4 Å². The molecule has 0 saturated carbocycles. The predicted octanol–water partition coefficient (Wildman–Crippen LogP) is 0.105. The van der Waals surface area contributed by atoms with Gasteiger partial charge in [0.15, 0.2) is 0 Å². The molecule has 3 rings (SSSR count). The van der Waals surface area contributed by atoms with Crippen molar-refractivity contribution in [2.75, 3.05) is 0 Å². The van der Waals surface area contributed by atoms with Crippen molar-refractivity contribution >= 4 is 11.0 Å². The molecule has 0 radical (unpaired) electrons. The molecule has 1 aromatic carbocycles. The summed E-state index contributed by atoms with van der Waals surface area (Å²) in [5.41, 5.74) is 5.77. The zero-order valence-corrected chi connectivity index (χ0v) is 20.6. The third-order valence-electron chi connectivity index (χ3n) is 5.02. The second kappa shape index (κ2) is 9.70. The van der Waals surface area contributed by atoms with Crippen LogP contribution in [0.4, 0.5) is 0 Å². The van der Waals surface area contributed by atoms with Crippen molar-refractivity contribution in [1.82, 2.24) is 0 Å². The zero-order valence-electron chi connectivity index (χ0n) is 15.7. The fraction of sp³-hybridized carbons (Fsp3) is 0.333. The number of benzene rings is 1. The van der Waals surface area contributed by atoms with Crippen LogP contribution < -0.4 is 24.8 Å². The Bertz CT molecular complexity index is 794. The molecule has 25 heavy (non-hydrogen) atoms. The van der Waals surface area contributed by atoms with Gasteiger partial charge in [-0.05, 0) is 0 Å². The first-order valence-electron chi connectivity index (χ1n) is 8.53. The molecular formula is C21H26Cl2SiZr. The average Bonchev–Trinajstić information content (AvgIpc) is 3.09. The summed E-state index contributed by atoms with van der Waals surface area (Å²) in [6.45, 7) is 12.2. The first kappa shape index (κ1) is 22.9. The van der Waals surface area contributed by atoms with Crippen LogP contribution in [0.1, 0.15) is 32.8 Å². The first-order chi connectivity index (χ1) is 11.0. The maximum atomic E-state index is 2.56. The van der Waals surface area contributed by atoms with Gasteiger partial charge >= 0.3 is 149 Å². The molecule has 0 nitrogen and oxygen atoms in total. The van der Waals surface area contributed by atoms with Gasteiger partial charge in [0.1, 0.15) is 0 Å². The monoisotopic (exact) mass is 466 g/mol. The van der Waals surface area contributed by atoms with Crippen LogP contribution >= 0.6 is 0 Å². The Labute approximate surface area is 173 Å². The van der Waals surface area contributed by atoms with Gasteiger partial charge in [-0.1, -0.05) is 0 Å². The Morgan fingerprint density at radius 1 is 1.04 bits per heavy atom. The van der Waals surface area contributed by atoms with Crippen molar-refractivity contribution in [3.63, 3.8) is 0 Å². The Hall–Kier alpha value is -0.140. The molecule has 0 fully saturated rings. The molecule has 2 aliphatic carbocycles. The first-order valence-corrected chi connectivity index (χ1v) is 17.2. The minimum absolute atomic E-state index is 0. The summed E-state index contributed by atoms with van der Waals surface area (Å²) >= 11 is -1.68. The normalized spacial score (nSPS) is 18.4. The van der Waals surface area contributed by atoms with E-state index in [4.69, 9.17) is 0 Å². The molecule has 1 unspecified atom stereocenters. The van der Waals surface area contributed by atoms with Crippen LogP contribution in [0.25, 0.3) is 5.57 Å². The van der Waals surface area contributed by atoms with E-state index in [1.807, 2.05) is 6.56 Å². The summed E-state index contributed by atoms with van der Waals surface area (Å²) in [4.78, 5) is 0. The molecule has 0 aliphatic heterocycles. The van der Waals surface area contributed by atoms with E-state index in [2.05, 4.69) is 82.4 Å². The number of allylic oxidation sites excluding steroid dienone is 8. The fourth-order valence-corrected chi connectivity index (χ4v) is 22.3. The Morgan fingerprint density at radius 2 is 1.68 bits per heavy atom. The van der Waals surface area contributed by atoms with E-state index in [0.717, 1.165) is 0 Å². The summed E-state index contributed by atoms with van der Waals surface area (Å²) in [5.74, 6) is 0.686. The van der Waals surface area contributed by atoms with E-state index in [-0.39, 0.29) is 30.2 Å². The number of hydrogen-bond donors (Lipinski definition) is 0. The molecule has 132 valence electrons. The molecule has 0 spiro atoms. The molecular weight excluding hydrogens is 442 g/mol. The zero-order chi connectivity index (χ0) is 16.6. The van der Waals surface area contributed by atoms with Crippen molar-refractivity contribution in [2.45, 2.75) is 40.3 Å². The van der Waals surface area contributed by atoms with Gasteiger partial charge in [0.2, 0.25) is 0 Å². The second-order valence-electron chi connectivity index (χ2n) is 6.95. The van der Waals surface area contributed by atoms with Crippen LogP contribution in [0.5, 0.6) is 0 Å². The summed E-state index contributed by atoms with van der Waals surface area (Å²) in [6, 6.07) is 10.9. The van der Waals surface area contributed by atoms with Crippen LogP contribution in [0.2, 0.25) is 13.1 Å². The maximum absolute atomic E-state index is 2.56. The van der Waals surface area contributed by atoms with Crippen molar-refractivity contribution in [2.24, 2.45) is 5.92 Å². The van der Waals surface area contributed by atoms with Gasteiger partial charge < -0.3 is 24.8 Å². The topological polar surface area (TPSA) is 0 Å². The fourth-order valence-electron chi connectivity index (χ4n) is 3.85. The van der Waals surface area contributed by atoms with Gasteiger partial charge in [-0.3, -0.25) is 0 Å². The van der Waals surface area contributed by atoms with Crippen molar-refractivity contribution in [1.29, 1.82) is 0 Å². The van der Waals surface area contributed by atoms with Crippen LogP contribution in [0.15, 0.2) is 66.3 Å². The Kier molecular flexibility index (Phi) is 8.88. The third-order valence-corrected chi connectivity index (χ3v) is 22.7. The van der Waals surface area contributed by atoms with Crippen molar-refractivity contribution in [3.8, 4) is 0 Å². The van der Waals surface area contributed by atoms with Gasteiger partial charge in [0.05, 0.1) is 0 Å². The smallest absolute Gasteiger partial charge is 1.00 e. The SMILES string of the molecule is CC1=CC(C)[C]([Zr+2]([C]2=CC(c3ccccc3)=CC2)=[Si](C)C)=C1C.[Cl-].[Cl-]. The average molecular weight is 469 g/mol. The maximum Gasteiger partial charge on any atom is -1.00 e. The number of hydrogen-bond acceptors (Lipinski definition) is 0. The minimum Gasteiger partial charge on any atom is -1.00 e. The Morgan fingerprint density at radius 3 is 2.20 bits per heavy atom. The summed E-state index contributed by atoms with van der Waals surface area (Å²) in [5, 5.41) is 0. The van der Waals surface area contributed by atoms with Crippen LogP contribution in [0.3, 0.4) is 0 Å². The van der Waals surface area contributed by atoms with Crippen molar-refractivity contribution < 1.29 is 45.2 Å². The van der Waals surface area contributed by atoms with Gasteiger partial charge in [-0.2, -0.15) is 0 Å². The van der Waals surface area contributed by atoms with E-state index >= 15 is 0 Å². The summed E-state index contributed by atoms with van der Waals surface area (Å²) in [7, 11) is 0. The predicted molar refractivity (Wildman–Crippen MR) is 100 cm³/mol. The molecule has 4 heteroatoms. The van der Waals surface area contributed by atoms with Gasteiger partial charge in [-0.15, -0.1) is 0 Å². The van der Waals surface area contributed by atoms with Gasteiger partial charge in [0.25, 0.3) is 0 Å². The number of rotatable bonds is 3. The molecule has 0 amide bonds.